The Kier molecular flexibility index (Phi) is 7.48. The summed E-state index contributed by atoms with van der Waals surface area (Å²) in [5.41, 5.74) is 2.70. The van der Waals surface area contributed by atoms with Crippen molar-refractivity contribution in [1.29, 1.82) is 0 Å². The number of amides is 2. The van der Waals surface area contributed by atoms with E-state index in [0.29, 0.717) is 35.3 Å². The van der Waals surface area contributed by atoms with Gasteiger partial charge in [-0.2, -0.15) is 0 Å². The summed E-state index contributed by atoms with van der Waals surface area (Å²) < 4.78 is 0. The molecule has 218 valence electrons. The van der Waals surface area contributed by atoms with E-state index in [0.717, 1.165) is 78.5 Å². The molecule has 4 aliphatic rings. The van der Waals surface area contributed by atoms with Crippen molar-refractivity contribution in [3.05, 3.63) is 39.7 Å². The Morgan fingerprint density at radius 3 is 2.54 bits per heavy atom. The minimum atomic E-state index is -0.206. The monoisotopic (exact) mass is 576 g/mol. The fraction of sp³-hybridized carbons (Fsp3) is 0.581. The topological polar surface area (TPSA) is 108 Å². The summed E-state index contributed by atoms with van der Waals surface area (Å²) in [5.74, 6) is 0.635. The van der Waals surface area contributed by atoms with E-state index in [-0.39, 0.29) is 29.1 Å². The zero-order valence-corrected chi connectivity index (χ0v) is 25.3. The fourth-order valence-electron chi connectivity index (χ4n) is 7.46. The van der Waals surface area contributed by atoms with Gasteiger partial charge in [0.1, 0.15) is 17.0 Å². The van der Waals surface area contributed by atoms with Crippen molar-refractivity contribution in [3.63, 3.8) is 0 Å². The van der Waals surface area contributed by atoms with Gasteiger partial charge in [0.05, 0.1) is 16.0 Å². The maximum Gasteiger partial charge on any atom is 0.264 e. The molecular weight excluding hydrogens is 536 g/mol. The second kappa shape index (κ2) is 10.9. The van der Waals surface area contributed by atoms with Crippen molar-refractivity contribution in [3.8, 4) is 0 Å². The Morgan fingerprint density at radius 1 is 1.10 bits per heavy atom. The molecule has 2 aliphatic carbocycles. The summed E-state index contributed by atoms with van der Waals surface area (Å²) in [4.78, 5) is 54.8. The number of anilines is 1. The number of piperidine rings is 1. The number of rotatable bonds is 4. The van der Waals surface area contributed by atoms with Crippen molar-refractivity contribution in [1.82, 2.24) is 25.1 Å². The third kappa shape index (κ3) is 4.99. The van der Waals surface area contributed by atoms with Gasteiger partial charge in [-0.1, -0.05) is 19.3 Å². The second-order valence-corrected chi connectivity index (χ2v) is 13.4. The highest BCUT2D eigenvalue weighted by molar-refractivity contribution is 7.20. The van der Waals surface area contributed by atoms with E-state index < -0.39 is 0 Å². The minimum absolute atomic E-state index is 0.00779. The van der Waals surface area contributed by atoms with Gasteiger partial charge < -0.3 is 20.4 Å². The summed E-state index contributed by atoms with van der Waals surface area (Å²) in [6.45, 7) is 5.34. The van der Waals surface area contributed by atoms with Crippen molar-refractivity contribution in [2.24, 2.45) is 5.92 Å². The number of Topliss-reactive ketones (excluding diaryl/α,β-unsaturated/α-hetero) is 1. The number of thiophene rings is 1. The second-order valence-electron chi connectivity index (χ2n) is 12.4. The average molecular weight is 577 g/mol. The van der Waals surface area contributed by atoms with Gasteiger partial charge in [-0.3, -0.25) is 14.4 Å². The fourth-order valence-corrected chi connectivity index (χ4v) is 8.58. The zero-order chi connectivity index (χ0) is 28.9. The number of hydrogen-bond acceptors (Lipinski definition) is 8. The molecule has 10 heteroatoms. The van der Waals surface area contributed by atoms with Gasteiger partial charge in [-0.05, 0) is 77.3 Å². The molecule has 3 fully saturated rings. The van der Waals surface area contributed by atoms with E-state index in [1.54, 1.807) is 0 Å². The summed E-state index contributed by atoms with van der Waals surface area (Å²) in [6.07, 6.45) is 11.6. The Balaban J connectivity index is 1.30. The largest absolute Gasteiger partial charge is 0.346 e. The summed E-state index contributed by atoms with van der Waals surface area (Å²) >= 11 is 1.38. The van der Waals surface area contributed by atoms with Crippen LogP contribution in [0, 0.1) is 12.8 Å². The van der Waals surface area contributed by atoms with E-state index in [1.807, 2.05) is 24.8 Å². The van der Waals surface area contributed by atoms with E-state index in [4.69, 9.17) is 0 Å². The van der Waals surface area contributed by atoms with Crippen molar-refractivity contribution in [2.45, 2.75) is 83.2 Å². The molecule has 2 amide bonds. The van der Waals surface area contributed by atoms with Crippen LogP contribution in [0.2, 0.25) is 0 Å². The summed E-state index contributed by atoms with van der Waals surface area (Å²) in [7, 11) is 4.18. The van der Waals surface area contributed by atoms with Crippen molar-refractivity contribution < 1.29 is 14.4 Å². The Morgan fingerprint density at radius 2 is 1.83 bits per heavy atom. The number of nitrogens with one attached hydrogen (secondary N) is 2. The molecule has 0 bridgehead atoms. The lowest BCUT2D eigenvalue weighted by Gasteiger charge is -2.39. The van der Waals surface area contributed by atoms with E-state index in [1.165, 1.54) is 24.1 Å². The smallest absolute Gasteiger partial charge is 0.264 e. The number of aromatic nitrogens is 2. The van der Waals surface area contributed by atoms with Gasteiger partial charge in [0.2, 0.25) is 5.91 Å². The first-order valence-electron chi connectivity index (χ1n) is 14.9. The van der Waals surface area contributed by atoms with Crippen LogP contribution in [0.5, 0.6) is 0 Å². The molecule has 0 radical (unpaired) electrons. The first kappa shape index (κ1) is 28.0. The van der Waals surface area contributed by atoms with Crippen LogP contribution in [0.4, 0.5) is 5.82 Å². The lowest BCUT2D eigenvalue weighted by molar-refractivity contribution is -0.117. The minimum Gasteiger partial charge on any atom is -0.346 e. The number of aryl methyl sites for hydroxylation is 1. The number of hydrogen-bond donors (Lipinski definition) is 2. The number of carbonyl (C=O) groups is 3. The van der Waals surface area contributed by atoms with Gasteiger partial charge in [0, 0.05) is 42.6 Å². The molecule has 4 heterocycles. The molecule has 41 heavy (non-hydrogen) atoms. The lowest BCUT2D eigenvalue weighted by atomic mass is 9.70. The third-order valence-electron chi connectivity index (χ3n) is 9.77. The highest BCUT2D eigenvalue weighted by Crippen LogP contribution is 2.46. The van der Waals surface area contributed by atoms with E-state index in [9.17, 15) is 14.4 Å². The van der Waals surface area contributed by atoms with Crippen LogP contribution in [0.3, 0.4) is 0 Å². The molecule has 2 aromatic rings. The maximum absolute atomic E-state index is 13.6. The normalized spacial score (nSPS) is 26.5. The molecule has 1 atom stereocenters. The molecule has 2 aliphatic heterocycles. The molecule has 6 rings (SSSR count). The molecule has 2 saturated heterocycles. The number of ketones is 1. The Hall–Kier alpha value is -3.11. The number of allylic oxidation sites excluding steroid dienone is 3. The predicted molar refractivity (Wildman–Crippen MR) is 161 cm³/mol. The Bertz CT molecular complexity index is 1460. The molecule has 9 nitrogen and oxygen atoms in total. The van der Waals surface area contributed by atoms with E-state index in [2.05, 4.69) is 39.6 Å². The zero-order valence-electron chi connectivity index (χ0n) is 24.5. The van der Waals surface area contributed by atoms with Crippen LogP contribution in [0.1, 0.15) is 79.9 Å². The average Bonchev–Trinajstić information content (AvgIpc) is 3.43. The van der Waals surface area contributed by atoms with Crippen LogP contribution >= 0.6 is 11.3 Å². The molecule has 2 aromatic heterocycles. The first-order valence-corrected chi connectivity index (χ1v) is 15.7. The molecule has 0 aromatic carbocycles. The van der Waals surface area contributed by atoms with Crippen LogP contribution < -0.4 is 10.6 Å². The van der Waals surface area contributed by atoms with Gasteiger partial charge in [-0.15, -0.1) is 11.3 Å². The van der Waals surface area contributed by atoms with Crippen LogP contribution in [-0.4, -0.2) is 76.1 Å². The number of nitrogens with zero attached hydrogens (tertiary/aromatic N) is 4. The van der Waals surface area contributed by atoms with Crippen LogP contribution in [0.25, 0.3) is 10.2 Å². The van der Waals surface area contributed by atoms with E-state index >= 15 is 0 Å². The van der Waals surface area contributed by atoms with Crippen LogP contribution in [0.15, 0.2) is 29.2 Å². The van der Waals surface area contributed by atoms with Gasteiger partial charge in [-0.25, -0.2) is 9.97 Å². The predicted octanol–water partition coefficient (Wildman–Crippen LogP) is 4.59. The standard InChI is InChI=1S/C31H40N6O3S/c1-18-16-22(23(38)9-8-21-24(18)28(39)35-31(21)12-6-5-7-13-31)34-27-25-19(2)26(41-29(25)33-17-32-27)30(40)37-14-10-20(11-15-37)36(3)4/h16-17,20-21H,5-15H2,1-4H3,(H,35,39)(H,32,33,34)/b22-16+,24-18+. The maximum atomic E-state index is 13.6. The number of carbonyl (C=O) groups excluding carboxylic acids is 3. The van der Waals surface area contributed by atoms with Gasteiger partial charge in [0.25, 0.3) is 5.91 Å². The number of likely N-dealkylation sites (tertiary alicyclic amines) is 1. The third-order valence-corrected chi connectivity index (χ3v) is 11.0. The van der Waals surface area contributed by atoms with Gasteiger partial charge in [0.15, 0.2) is 5.78 Å². The molecular formula is C31H40N6O3S. The molecule has 1 spiro atoms. The molecule has 2 N–H and O–H groups in total. The number of fused-ring (bicyclic) bond motifs is 3. The molecule has 1 unspecified atom stereocenters. The SMILES string of the molecule is CC1=C2\C(=O)NC3(CCCCC3)C2CCC(=O)/C(Nc2ncnc3sc(C(=O)N4CCC(N(C)C)CC4)c(C)c23)=C\1. The quantitative estimate of drug-likeness (QED) is 0.548. The highest BCUT2D eigenvalue weighted by Gasteiger charge is 2.50. The van der Waals surface area contributed by atoms with Crippen molar-refractivity contribution in [2.75, 3.05) is 32.5 Å². The van der Waals surface area contributed by atoms with Crippen LogP contribution in [-0.2, 0) is 9.59 Å². The lowest BCUT2D eigenvalue weighted by Crippen LogP contribution is -2.47. The highest BCUT2D eigenvalue weighted by atomic mass is 32.1. The van der Waals surface area contributed by atoms with Gasteiger partial charge >= 0.3 is 0 Å². The summed E-state index contributed by atoms with van der Waals surface area (Å²) in [6, 6.07) is 0.496. The Labute approximate surface area is 245 Å². The molecule has 1 saturated carbocycles. The summed E-state index contributed by atoms with van der Waals surface area (Å²) in [5, 5.41) is 7.41. The van der Waals surface area contributed by atoms with Crippen molar-refractivity contribution >= 4 is 45.0 Å². The first-order chi connectivity index (χ1) is 19.7.